The number of fused-ring (bicyclic) bond motifs is 3. The molecule has 5 nitrogen and oxygen atoms in total. The van der Waals surface area contributed by atoms with Gasteiger partial charge in [0.05, 0.1) is 0 Å². The summed E-state index contributed by atoms with van der Waals surface area (Å²) in [7, 11) is -3.36. The SMILES string of the molecule is OCC12CC(O)[PH](O)(C(O)C1)C(O)C2. The van der Waals surface area contributed by atoms with E-state index in [0.717, 1.165) is 0 Å². The first kappa shape index (κ1) is 10.7. The van der Waals surface area contributed by atoms with Gasteiger partial charge in [0.2, 0.25) is 0 Å². The zero-order valence-corrected chi connectivity index (χ0v) is 8.80. The van der Waals surface area contributed by atoms with Crippen molar-refractivity contribution in [3.05, 3.63) is 0 Å². The fourth-order valence-electron chi connectivity index (χ4n) is 2.83. The molecule has 3 fully saturated rings. The predicted octanol–water partition coefficient (Wildman–Crippen LogP) is -1.23. The Kier molecular flexibility index (Phi) is 2.38. The van der Waals surface area contributed by atoms with E-state index in [1.54, 1.807) is 0 Å². The number of rotatable bonds is 1. The van der Waals surface area contributed by atoms with E-state index in [9.17, 15) is 25.3 Å². The number of aliphatic hydroxyl groups is 4. The van der Waals surface area contributed by atoms with Crippen LogP contribution in [0.15, 0.2) is 0 Å². The molecule has 3 aliphatic heterocycles. The molecule has 3 saturated heterocycles. The first-order chi connectivity index (χ1) is 6.44. The van der Waals surface area contributed by atoms with Gasteiger partial charge in [0, 0.05) is 0 Å². The van der Waals surface area contributed by atoms with Gasteiger partial charge in [0.1, 0.15) is 0 Å². The van der Waals surface area contributed by atoms with Gasteiger partial charge in [-0.05, 0) is 0 Å². The van der Waals surface area contributed by atoms with Crippen LogP contribution in [-0.2, 0) is 0 Å². The second kappa shape index (κ2) is 3.11. The van der Waals surface area contributed by atoms with Crippen molar-refractivity contribution in [1.82, 2.24) is 0 Å². The third kappa shape index (κ3) is 1.18. The molecule has 0 aromatic heterocycles. The van der Waals surface area contributed by atoms with E-state index >= 15 is 0 Å². The standard InChI is InChI=1S/C8H17O5P/c9-4-8-1-5(10)14(13,6(11)2-8)7(12)3-8/h5-7,9-14H,1-4H2. The summed E-state index contributed by atoms with van der Waals surface area (Å²) in [6, 6.07) is 0. The first-order valence-electron chi connectivity index (χ1n) is 4.82. The molecule has 0 amide bonds. The second-order valence-corrected chi connectivity index (χ2v) is 8.48. The summed E-state index contributed by atoms with van der Waals surface area (Å²) in [5.74, 6) is -3.08. The van der Waals surface area contributed by atoms with Gasteiger partial charge in [-0.25, -0.2) is 0 Å². The normalized spacial score (nSPS) is 53.1. The van der Waals surface area contributed by atoms with Crippen LogP contribution < -0.4 is 0 Å². The van der Waals surface area contributed by atoms with Gasteiger partial charge >= 0.3 is 81.6 Å². The van der Waals surface area contributed by atoms with E-state index in [0.29, 0.717) is 19.3 Å². The van der Waals surface area contributed by atoms with Crippen LogP contribution in [0.1, 0.15) is 19.3 Å². The topological polar surface area (TPSA) is 101 Å². The van der Waals surface area contributed by atoms with Crippen molar-refractivity contribution in [2.45, 2.75) is 36.8 Å². The molecule has 0 aromatic rings. The summed E-state index contributed by atoms with van der Waals surface area (Å²) in [6.45, 7) is -0.164. The van der Waals surface area contributed by atoms with Crippen molar-refractivity contribution < 1.29 is 25.3 Å². The molecule has 6 heteroatoms. The number of aliphatic hydroxyl groups excluding tert-OH is 4. The number of hydrogen-bond donors (Lipinski definition) is 5. The number of hydrogen-bond acceptors (Lipinski definition) is 5. The Hall–Kier alpha value is 0.230. The van der Waals surface area contributed by atoms with E-state index < -0.39 is 30.4 Å². The molecule has 84 valence electrons. The van der Waals surface area contributed by atoms with Crippen LogP contribution in [0.4, 0.5) is 0 Å². The van der Waals surface area contributed by atoms with Crippen molar-refractivity contribution in [3.63, 3.8) is 0 Å². The molecule has 0 spiro atoms. The van der Waals surface area contributed by atoms with Crippen LogP contribution in [0.2, 0.25) is 0 Å². The third-order valence-electron chi connectivity index (χ3n) is 3.82. The Balaban J connectivity index is 2.34. The molecular formula is C8H17O5P. The molecule has 0 saturated carbocycles. The van der Waals surface area contributed by atoms with E-state index in [4.69, 9.17) is 0 Å². The van der Waals surface area contributed by atoms with Crippen molar-refractivity contribution in [1.29, 1.82) is 0 Å². The van der Waals surface area contributed by atoms with E-state index in [2.05, 4.69) is 0 Å². The van der Waals surface area contributed by atoms with Crippen LogP contribution >= 0.6 is 7.49 Å². The Morgan fingerprint density at radius 1 is 1.00 bits per heavy atom. The Bertz CT molecular complexity index is 212. The van der Waals surface area contributed by atoms with Crippen molar-refractivity contribution in [2.24, 2.45) is 5.41 Å². The molecule has 3 atom stereocenters. The van der Waals surface area contributed by atoms with Gasteiger partial charge in [-0.1, -0.05) is 0 Å². The molecular weight excluding hydrogens is 207 g/mol. The molecule has 14 heavy (non-hydrogen) atoms. The minimum atomic E-state index is -3.36. The molecule has 3 heterocycles. The Morgan fingerprint density at radius 3 is 1.64 bits per heavy atom. The maximum absolute atomic E-state index is 10.0. The zero-order chi connectivity index (χ0) is 10.6. The summed E-state index contributed by atoms with van der Waals surface area (Å²) in [5, 5.41) is 38.2. The van der Waals surface area contributed by atoms with E-state index in [-0.39, 0.29) is 6.61 Å². The monoisotopic (exact) mass is 224 g/mol. The van der Waals surface area contributed by atoms with E-state index in [1.165, 1.54) is 0 Å². The van der Waals surface area contributed by atoms with Crippen molar-refractivity contribution in [3.8, 4) is 0 Å². The van der Waals surface area contributed by atoms with Crippen molar-refractivity contribution >= 4 is 7.49 Å². The second-order valence-electron chi connectivity index (χ2n) is 4.71. The van der Waals surface area contributed by atoms with E-state index in [1.807, 2.05) is 0 Å². The molecule has 0 aliphatic carbocycles. The fraction of sp³-hybridized carbons (Fsp3) is 1.00. The van der Waals surface area contributed by atoms with Gasteiger partial charge in [0.25, 0.3) is 0 Å². The molecule has 3 aliphatic rings. The summed E-state index contributed by atoms with van der Waals surface area (Å²) in [6.07, 6.45) is 0.876. The molecule has 3 unspecified atom stereocenters. The summed E-state index contributed by atoms with van der Waals surface area (Å²) in [5.41, 5.74) is -0.601. The van der Waals surface area contributed by atoms with Gasteiger partial charge in [-0.2, -0.15) is 0 Å². The van der Waals surface area contributed by atoms with Crippen LogP contribution in [0.3, 0.4) is 0 Å². The van der Waals surface area contributed by atoms with Gasteiger partial charge in [-0.15, -0.1) is 0 Å². The van der Waals surface area contributed by atoms with Crippen LogP contribution in [-0.4, -0.2) is 49.5 Å². The molecule has 0 radical (unpaired) electrons. The molecule has 2 bridgehead atoms. The van der Waals surface area contributed by atoms with Gasteiger partial charge < -0.3 is 0 Å². The summed E-state index contributed by atoms with van der Waals surface area (Å²) < 4.78 is 0. The fourth-order valence-corrected chi connectivity index (χ4v) is 6.44. The zero-order valence-electron chi connectivity index (χ0n) is 7.80. The van der Waals surface area contributed by atoms with Crippen LogP contribution in [0.5, 0.6) is 0 Å². The molecule has 3 rings (SSSR count). The molecule has 5 N–H and O–H groups in total. The van der Waals surface area contributed by atoms with Crippen molar-refractivity contribution in [2.75, 3.05) is 6.61 Å². The Labute approximate surface area is 82.4 Å². The summed E-state index contributed by atoms with van der Waals surface area (Å²) in [4.78, 5) is 10.0. The van der Waals surface area contributed by atoms with Crippen LogP contribution in [0, 0.1) is 5.41 Å². The molecule has 0 aromatic carbocycles. The predicted molar refractivity (Wildman–Crippen MR) is 51.9 cm³/mol. The average molecular weight is 224 g/mol. The first-order valence-corrected chi connectivity index (χ1v) is 7.00. The summed E-state index contributed by atoms with van der Waals surface area (Å²) >= 11 is 0. The average Bonchev–Trinajstić information content (AvgIpc) is 2.11. The maximum atomic E-state index is 10.0. The van der Waals surface area contributed by atoms with Gasteiger partial charge in [0.15, 0.2) is 0 Å². The minimum absolute atomic E-state index is 0.164. The Morgan fingerprint density at radius 2 is 1.36 bits per heavy atom. The van der Waals surface area contributed by atoms with Crippen LogP contribution in [0.25, 0.3) is 0 Å². The van der Waals surface area contributed by atoms with Gasteiger partial charge in [-0.3, -0.25) is 0 Å². The quantitative estimate of drug-likeness (QED) is 0.359. The third-order valence-corrected chi connectivity index (χ3v) is 7.63.